The van der Waals surface area contributed by atoms with Crippen molar-refractivity contribution in [2.45, 2.75) is 37.9 Å². The quantitative estimate of drug-likeness (QED) is 0.781. The molecular weight excluding hydrogens is 265 g/mol. The van der Waals surface area contributed by atoms with Crippen LogP contribution in [0.1, 0.15) is 24.8 Å². The maximum absolute atomic E-state index is 13.4. The van der Waals surface area contributed by atoms with Gasteiger partial charge in [-0.25, -0.2) is 8.78 Å². The molecule has 1 unspecified atom stereocenters. The smallest absolute Gasteiger partial charge is 0.317 e. The molecule has 0 aliphatic carbocycles. The second kappa shape index (κ2) is 6.84. The minimum absolute atomic E-state index is 0.0161. The predicted octanol–water partition coefficient (Wildman–Crippen LogP) is 3.83. The lowest BCUT2D eigenvalue weighted by Gasteiger charge is -2.17. The van der Waals surface area contributed by atoms with Gasteiger partial charge in [0.1, 0.15) is 11.6 Å². The summed E-state index contributed by atoms with van der Waals surface area (Å²) in [4.78, 5) is 0. The predicted molar refractivity (Wildman–Crippen MR) is 62.8 cm³/mol. The first-order valence-electron chi connectivity index (χ1n) is 6.00. The zero-order valence-electron chi connectivity index (χ0n) is 10.5. The van der Waals surface area contributed by atoms with E-state index in [1.54, 1.807) is 7.05 Å². The molecule has 0 saturated heterocycles. The van der Waals surface area contributed by atoms with Crippen LogP contribution in [-0.2, 0) is 6.42 Å². The minimum atomic E-state index is -4.17. The topological polar surface area (TPSA) is 12.0 Å². The lowest BCUT2D eigenvalue weighted by molar-refractivity contribution is -0.135. The first kappa shape index (κ1) is 15.9. The van der Waals surface area contributed by atoms with E-state index < -0.39 is 24.2 Å². The number of hydrogen-bond acceptors (Lipinski definition) is 1. The summed E-state index contributed by atoms with van der Waals surface area (Å²) >= 11 is 0. The summed E-state index contributed by atoms with van der Waals surface area (Å²) in [5, 5.41) is 2.85. The van der Waals surface area contributed by atoms with Crippen LogP contribution in [0.5, 0.6) is 0 Å². The van der Waals surface area contributed by atoms with Gasteiger partial charge < -0.3 is 5.32 Å². The molecule has 108 valence electrons. The third-order valence-corrected chi connectivity index (χ3v) is 2.90. The Morgan fingerprint density at radius 1 is 1.21 bits per heavy atom. The van der Waals surface area contributed by atoms with Crippen LogP contribution in [0.2, 0.25) is 0 Å². The molecule has 0 bridgehead atoms. The number of alkyl halides is 3. The van der Waals surface area contributed by atoms with E-state index in [2.05, 4.69) is 5.32 Å². The van der Waals surface area contributed by atoms with Gasteiger partial charge >= 0.3 is 6.18 Å². The van der Waals surface area contributed by atoms with E-state index in [9.17, 15) is 22.0 Å². The Bertz CT molecular complexity index is 403. The maximum Gasteiger partial charge on any atom is 0.389 e. The van der Waals surface area contributed by atoms with Gasteiger partial charge in [0.05, 0.1) is 0 Å². The van der Waals surface area contributed by atoms with E-state index in [-0.39, 0.29) is 25.3 Å². The maximum atomic E-state index is 13.4. The van der Waals surface area contributed by atoms with E-state index in [0.29, 0.717) is 5.56 Å². The summed E-state index contributed by atoms with van der Waals surface area (Å²) in [5.74, 6) is -1.34. The molecule has 0 spiro atoms. The fraction of sp³-hybridized carbons (Fsp3) is 0.538. The molecule has 0 aliphatic heterocycles. The highest BCUT2D eigenvalue weighted by Crippen LogP contribution is 2.23. The average Bonchev–Trinajstić information content (AvgIpc) is 2.29. The SMILES string of the molecule is CNC(CCCC(F)(F)F)Cc1ccc(F)cc1F. The summed E-state index contributed by atoms with van der Waals surface area (Å²) in [7, 11) is 1.61. The monoisotopic (exact) mass is 281 g/mol. The molecule has 0 saturated carbocycles. The molecular formula is C13H16F5N. The summed E-state index contributed by atoms with van der Waals surface area (Å²) in [5.41, 5.74) is 0.299. The molecule has 19 heavy (non-hydrogen) atoms. The molecule has 6 heteroatoms. The molecule has 1 aromatic carbocycles. The van der Waals surface area contributed by atoms with Crippen molar-refractivity contribution in [3.63, 3.8) is 0 Å². The van der Waals surface area contributed by atoms with Gasteiger partial charge in [-0.1, -0.05) is 6.07 Å². The molecule has 1 nitrogen and oxygen atoms in total. The van der Waals surface area contributed by atoms with Crippen molar-refractivity contribution in [1.29, 1.82) is 0 Å². The van der Waals surface area contributed by atoms with Gasteiger partial charge in [0, 0.05) is 18.5 Å². The lowest BCUT2D eigenvalue weighted by Crippen LogP contribution is -2.28. The van der Waals surface area contributed by atoms with E-state index in [1.165, 1.54) is 6.07 Å². The number of benzene rings is 1. The van der Waals surface area contributed by atoms with Crippen LogP contribution in [0, 0.1) is 11.6 Å². The van der Waals surface area contributed by atoms with E-state index in [0.717, 1.165) is 12.1 Å². The molecule has 1 N–H and O–H groups in total. The van der Waals surface area contributed by atoms with Gasteiger partial charge in [-0.05, 0) is 37.9 Å². The summed E-state index contributed by atoms with van der Waals surface area (Å²) in [6, 6.07) is 2.97. The van der Waals surface area contributed by atoms with E-state index in [4.69, 9.17) is 0 Å². The Morgan fingerprint density at radius 2 is 1.89 bits per heavy atom. The van der Waals surface area contributed by atoms with Crippen molar-refractivity contribution >= 4 is 0 Å². The highest BCUT2D eigenvalue weighted by Gasteiger charge is 2.26. The Kier molecular flexibility index (Phi) is 5.72. The van der Waals surface area contributed by atoms with Crippen molar-refractivity contribution < 1.29 is 22.0 Å². The van der Waals surface area contributed by atoms with Crippen molar-refractivity contribution in [2.75, 3.05) is 7.05 Å². The number of hydrogen-bond donors (Lipinski definition) is 1. The van der Waals surface area contributed by atoms with E-state index in [1.807, 2.05) is 0 Å². The summed E-state index contributed by atoms with van der Waals surface area (Å²) in [6.07, 6.45) is -4.51. The van der Waals surface area contributed by atoms with Gasteiger partial charge in [-0.3, -0.25) is 0 Å². The normalized spacial score (nSPS) is 13.6. The van der Waals surface area contributed by atoms with Crippen molar-refractivity contribution in [3.05, 3.63) is 35.4 Å². The largest absolute Gasteiger partial charge is 0.389 e. The third-order valence-electron chi connectivity index (χ3n) is 2.90. The third kappa shape index (κ3) is 6.00. The van der Waals surface area contributed by atoms with E-state index >= 15 is 0 Å². The van der Waals surface area contributed by atoms with Gasteiger partial charge in [0.15, 0.2) is 0 Å². The van der Waals surface area contributed by atoms with Crippen LogP contribution >= 0.6 is 0 Å². The zero-order valence-corrected chi connectivity index (χ0v) is 10.5. The van der Waals surface area contributed by atoms with Crippen molar-refractivity contribution in [3.8, 4) is 0 Å². The number of nitrogens with one attached hydrogen (secondary N) is 1. The summed E-state index contributed by atoms with van der Waals surface area (Å²) in [6.45, 7) is 0. The Hall–Kier alpha value is -1.17. The molecule has 1 rings (SSSR count). The Balaban J connectivity index is 2.52. The molecule has 0 aliphatic rings. The Labute approximate surface area is 108 Å². The van der Waals surface area contributed by atoms with Gasteiger partial charge in [-0.15, -0.1) is 0 Å². The minimum Gasteiger partial charge on any atom is -0.317 e. The Morgan fingerprint density at radius 3 is 2.42 bits per heavy atom. The zero-order chi connectivity index (χ0) is 14.5. The second-order valence-electron chi connectivity index (χ2n) is 4.43. The van der Waals surface area contributed by atoms with Gasteiger partial charge in [0.2, 0.25) is 0 Å². The van der Waals surface area contributed by atoms with Crippen LogP contribution in [0.4, 0.5) is 22.0 Å². The molecule has 1 atom stereocenters. The molecule has 0 aromatic heterocycles. The highest BCUT2D eigenvalue weighted by atomic mass is 19.4. The average molecular weight is 281 g/mol. The van der Waals surface area contributed by atoms with Gasteiger partial charge in [0.25, 0.3) is 0 Å². The number of likely N-dealkylation sites (N-methyl/N-ethyl adjacent to an activating group) is 1. The van der Waals surface area contributed by atoms with Crippen molar-refractivity contribution in [1.82, 2.24) is 5.32 Å². The fourth-order valence-corrected chi connectivity index (χ4v) is 1.85. The molecule has 0 radical (unpaired) electrons. The van der Waals surface area contributed by atoms with Crippen LogP contribution in [0.15, 0.2) is 18.2 Å². The van der Waals surface area contributed by atoms with Crippen LogP contribution < -0.4 is 5.32 Å². The second-order valence-corrected chi connectivity index (χ2v) is 4.43. The molecule has 1 aromatic rings. The van der Waals surface area contributed by atoms with Crippen molar-refractivity contribution in [2.24, 2.45) is 0 Å². The van der Waals surface area contributed by atoms with Crippen LogP contribution in [-0.4, -0.2) is 19.3 Å². The molecule has 0 heterocycles. The van der Waals surface area contributed by atoms with Crippen LogP contribution in [0.25, 0.3) is 0 Å². The summed E-state index contributed by atoms with van der Waals surface area (Å²) < 4.78 is 62.2. The van der Waals surface area contributed by atoms with Gasteiger partial charge in [-0.2, -0.15) is 13.2 Å². The lowest BCUT2D eigenvalue weighted by atomic mass is 10.0. The number of rotatable bonds is 6. The highest BCUT2D eigenvalue weighted by molar-refractivity contribution is 5.19. The first-order chi connectivity index (χ1) is 8.81. The molecule has 0 amide bonds. The standard InChI is InChI=1S/C13H16F5N/c1-19-11(3-2-6-13(16,17)18)7-9-4-5-10(14)8-12(9)15/h4-5,8,11,19H,2-3,6-7H2,1H3. The molecule has 0 fully saturated rings. The fourth-order valence-electron chi connectivity index (χ4n) is 1.85. The first-order valence-corrected chi connectivity index (χ1v) is 6.00. The number of halogens is 5. The van der Waals surface area contributed by atoms with Crippen LogP contribution in [0.3, 0.4) is 0 Å².